The Morgan fingerprint density at radius 2 is 1.17 bits per heavy atom. The molecular formula is C56H50N6O7S2. The molecule has 3 aliphatic heterocycles. The molecule has 15 heteroatoms. The number of thioether (sulfide) groups is 1. The second-order valence-electron chi connectivity index (χ2n) is 17.8. The molecule has 3 aliphatic rings. The zero-order chi connectivity index (χ0) is 48.8. The minimum absolute atomic E-state index is 0.0430. The van der Waals surface area contributed by atoms with Gasteiger partial charge in [-0.1, -0.05) is 187 Å². The van der Waals surface area contributed by atoms with Crippen molar-refractivity contribution in [2.24, 2.45) is 10.6 Å². The maximum absolute atomic E-state index is 15.1. The van der Waals surface area contributed by atoms with Crippen molar-refractivity contribution in [1.82, 2.24) is 20.1 Å². The van der Waals surface area contributed by atoms with E-state index in [0.29, 0.717) is 18.2 Å². The fourth-order valence-electron chi connectivity index (χ4n) is 9.68. The first-order chi connectivity index (χ1) is 34.7. The number of fused-ring (bicyclic) bond motifs is 1. The van der Waals surface area contributed by atoms with Gasteiger partial charge >= 0.3 is 12.1 Å². The highest BCUT2D eigenvalue weighted by atomic mass is 32.2. The number of anilines is 1. The summed E-state index contributed by atoms with van der Waals surface area (Å²) < 4.78 is 5.55. The SMILES string of the molecule is O=C(NC1C(=O)N2CC(COC(=O)N3CCCC3)(C(=O)O)CS[C@H]12)C(=NOC(c1ccccc1)(c1ccccc1)c1ccccc1)c1csc(NC(c2ccccc2)(c2ccccc2)c2ccccc2)n1. The molecule has 3 amide bonds. The monoisotopic (exact) mass is 982 g/mol. The number of carbonyl (C=O) groups excluding carboxylic acids is 3. The highest BCUT2D eigenvalue weighted by molar-refractivity contribution is 8.00. The fraction of sp³-hybridized carbons (Fsp3) is 0.214. The second kappa shape index (κ2) is 20.3. The molecule has 3 saturated heterocycles. The van der Waals surface area contributed by atoms with Gasteiger partial charge in [0.15, 0.2) is 10.8 Å². The number of hydrogen-bond acceptors (Lipinski definition) is 11. The lowest BCUT2D eigenvalue weighted by Crippen LogP contribution is -2.74. The number of hydrogen-bond donors (Lipinski definition) is 3. The van der Waals surface area contributed by atoms with Crippen molar-refractivity contribution < 1.29 is 33.9 Å². The normalized spacial score (nSPS) is 19.0. The molecule has 2 unspecified atom stereocenters. The number of carboxylic acids is 1. The van der Waals surface area contributed by atoms with Gasteiger partial charge in [0.1, 0.15) is 34.7 Å². The lowest BCUT2D eigenvalue weighted by molar-refractivity contribution is -0.160. The van der Waals surface area contributed by atoms with E-state index in [0.717, 1.165) is 46.2 Å². The standard InChI is InChI=1S/C56H50N6O7S2/c63-48(58-47-49(64)62-36-54(51(65)66,38-71-50(47)62)37-68-53(67)61-33-19-20-34-61)46(60-69-56(42-27-13-4-14-28-42,43-29-15-5-16-30-43)44-31-17-6-18-32-44)45-35-70-52(57-45)59-55(39-21-7-1-8-22-39,40-23-9-2-10-24-40)41-25-11-3-12-26-41/h1-18,21-32,35,47,50H,19-20,33-34,36-38H2,(H,57,59)(H,58,63)(H,65,66)/t47?,50-,54?/m1/s1. The third-order valence-corrected chi connectivity index (χ3v) is 15.8. The van der Waals surface area contributed by atoms with Crippen molar-refractivity contribution in [2.45, 2.75) is 35.4 Å². The quantitative estimate of drug-likeness (QED) is 0.0369. The summed E-state index contributed by atoms with van der Waals surface area (Å²) >= 11 is 2.51. The molecule has 3 atom stereocenters. The van der Waals surface area contributed by atoms with Crippen LogP contribution in [0.15, 0.2) is 193 Å². The number of likely N-dealkylation sites (tertiary alicyclic amines) is 1. The number of carboxylic acid groups (broad SMARTS) is 1. The molecule has 71 heavy (non-hydrogen) atoms. The number of nitrogens with zero attached hydrogens (tertiary/aromatic N) is 4. The van der Waals surface area contributed by atoms with E-state index < -0.39 is 58.5 Å². The van der Waals surface area contributed by atoms with E-state index in [4.69, 9.17) is 19.7 Å². The van der Waals surface area contributed by atoms with Crippen LogP contribution in [0.25, 0.3) is 0 Å². The Morgan fingerprint density at radius 3 is 1.63 bits per heavy atom. The molecule has 3 fully saturated rings. The van der Waals surface area contributed by atoms with Crippen LogP contribution in [0.2, 0.25) is 0 Å². The van der Waals surface area contributed by atoms with Gasteiger partial charge in [-0.05, 0) is 29.5 Å². The molecule has 4 heterocycles. The number of thiazole rings is 1. The molecule has 3 N–H and O–H groups in total. The summed E-state index contributed by atoms with van der Waals surface area (Å²) in [7, 11) is 0. The van der Waals surface area contributed by atoms with Gasteiger partial charge in [-0.3, -0.25) is 14.4 Å². The predicted molar refractivity (Wildman–Crippen MR) is 274 cm³/mol. The maximum atomic E-state index is 15.1. The highest BCUT2D eigenvalue weighted by Crippen LogP contribution is 2.45. The Labute approximate surface area is 419 Å². The second-order valence-corrected chi connectivity index (χ2v) is 19.7. The van der Waals surface area contributed by atoms with Crippen molar-refractivity contribution in [2.75, 3.05) is 37.3 Å². The summed E-state index contributed by atoms with van der Waals surface area (Å²) in [4.78, 5) is 69.8. The molecule has 0 radical (unpaired) electrons. The topological polar surface area (TPSA) is 163 Å². The van der Waals surface area contributed by atoms with E-state index in [1.165, 1.54) is 28.0 Å². The molecule has 6 aromatic carbocycles. The summed E-state index contributed by atoms with van der Waals surface area (Å²) in [5.74, 6) is -2.33. The molecule has 0 saturated carbocycles. The molecule has 0 aliphatic carbocycles. The number of ether oxygens (including phenoxy) is 1. The molecule has 358 valence electrons. The van der Waals surface area contributed by atoms with E-state index >= 15 is 4.79 Å². The number of β-lactam (4-membered cyclic amide) rings is 1. The van der Waals surface area contributed by atoms with E-state index in [1.54, 1.807) is 10.3 Å². The number of aliphatic carboxylic acids is 1. The van der Waals surface area contributed by atoms with Crippen LogP contribution in [0.3, 0.4) is 0 Å². The zero-order valence-corrected chi connectivity index (χ0v) is 40.1. The molecule has 10 rings (SSSR count). The third-order valence-electron chi connectivity index (χ3n) is 13.4. The Bertz CT molecular complexity index is 2820. The lowest BCUT2D eigenvalue weighted by Gasteiger charge is -2.53. The van der Waals surface area contributed by atoms with Gasteiger partial charge < -0.3 is 35.1 Å². The molecule has 7 aromatic rings. The van der Waals surface area contributed by atoms with Crippen molar-refractivity contribution in [3.8, 4) is 0 Å². The number of amides is 3. The van der Waals surface area contributed by atoms with Crippen molar-refractivity contribution in [3.63, 3.8) is 0 Å². The number of oxime groups is 1. The number of aromatic nitrogens is 1. The van der Waals surface area contributed by atoms with Gasteiger partial charge in [0.05, 0.1) is 0 Å². The van der Waals surface area contributed by atoms with Crippen LogP contribution < -0.4 is 10.6 Å². The van der Waals surface area contributed by atoms with E-state index in [-0.39, 0.29) is 23.7 Å². The third kappa shape index (κ3) is 9.02. The first-order valence-electron chi connectivity index (χ1n) is 23.4. The maximum Gasteiger partial charge on any atom is 0.409 e. The van der Waals surface area contributed by atoms with Gasteiger partial charge in [0.25, 0.3) is 5.91 Å². The largest absolute Gasteiger partial charge is 0.481 e. The summed E-state index contributed by atoms with van der Waals surface area (Å²) in [6.07, 6.45) is 1.15. The van der Waals surface area contributed by atoms with Crippen LogP contribution in [-0.4, -0.2) is 92.9 Å². The lowest BCUT2D eigenvalue weighted by atomic mass is 9.77. The summed E-state index contributed by atoms with van der Waals surface area (Å²) in [5.41, 5.74) is 1.27. The fourth-order valence-corrected chi connectivity index (χ4v) is 12.0. The first kappa shape index (κ1) is 47.0. The molecule has 0 bridgehead atoms. The van der Waals surface area contributed by atoms with Crippen LogP contribution >= 0.6 is 23.1 Å². The highest BCUT2D eigenvalue weighted by Gasteiger charge is 2.58. The zero-order valence-electron chi connectivity index (χ0n) is 38.5. The number of rotatable bonds is 16. The Balaban J connectivity index is 1.02. The van der Waals surface area contributed by atoms with Crippen molar-refractivity contribution in [1.29, 1.82) is 0 Å². The van der Waals surface area contributed by atoms with Gasteiger partial charge in [-0.25, -0.2) is 9.78 Å². The van der Waals surface area contributed by atoms with Crippen molar-refractivity contribution in [3.05, 3.63) is 226 Å². The molecule has 13 nitrogen and oxygen atoms in total. The number of nitrogens with one attached hydrogen (secondary N) is 2. The summed E-state index contributed by atoms with van der Waals surface area (Å²) in [5, 5.41) is 23.6. The molecule has 0 spiro atoms. The van der Waals surface area contributed by atoms with Gasteiger partial charge in [0, 0.05) is 47.5 Å². The number of carbonyl (C=O) groups is 4. The minimum Gasteiger partial charge on any atom is -0.481 e. The van der Waals surface area contributed by atoms with Crippen LogP contribution in [-0.2, 0) is 35.1 Å². The van der Waals surface area contributed by atoms with E-state index in [2.05, 4.69) is 47.0 Å². The van der Waals surface area contributed by atoms with Gasteiger partial charge in [0.2, 0.25) is 11.5 Å². The molecule has 1 aromatic heterocycles. The predicted octanol–water partition coefficient (Wildman–Crippen LogP) is 8.96. The number of benzene rings is 6. The van der Waals surface area contributed by atoms with Crippen LogP contribution in [0, 0.1) is 5.41 Å². The summed E-state index contributed by atoms with van der Waals surface area (Å²) in [6.45, 7) is 0.527. The average Bonchev–Trinajstić information content (AvgIpc) is 4.15. The van der Waals surface area contributed by atoms with Crippen molar-refractivity contribution >= 4 is 57.8 Å². The van der Waals surface area contributed by atoms with Crippen LogP contribution in [0.4, 0.5) is 9.93 Å². The Hall–Kier alpha value is -7.75. The van der Waals surface area contributed by atoms with Crippen LogP contribution in [0.5, 0.6) is 0 Å². The van der Waals surface area contributed by atoms with Gasteiger partial charge in [-0.2, -0.15) is 0 Å². The first-order valence-corrected chi connectivity index (χ1v) is 25.4. The molecular weight excluding hydrogens is 933 g/mol. The Kier molecular flexibility index (Phi) is 13.4. The van der Waals surface area contributed by atoms with E-state index in [9.17, 15) is 19.5 Å². The summed E-state index contributed by atoms with van der Waals surface area (Å²) in [6, 6.07) is 58.2. The Morgan fingerprint density at radius 1 is 0.704 bits per heavy atom. The minimum atomic E-state index is -1.53. The average molecular weight is 983 g/mol. The van der Waals surface area contributed by atoms with E-state index in [1.807, 2.05) is 146 Å². The smallest absolute Gasteiger partial charge is 0.409 e. The van der Waals surface area contributed by atoms with Crippen LogP contribution in [0.1, 0.15) is 51.9 Å². The van der Waals surface area contributed by atoms with Gasteiger partial charge in [-0.15, -0.1) is 23.1 Å².